The number of nitrogens with two attached hydrogens (primary N) is 1. The second-order valence-corrected chi connectivity index (χ2v) is 4.25. The normalized spacial score (nSPS) is 17.6. The quantitative estimate of drug-likeness (QED) is 0.730. The Bertz CT molecular complexity index is 423. The van der Waals surface area contributed by atoms with Crippen molar-refractivity contribution in [1.82, 2.24) is 0 Å². The summed E-state index contributed by atoms with van der Waals surface area (Å²) >= 11 is 0. The molecule has 2 heteroatoms. The minimum atomic E-state index is -0.136. The molecule has 0 saturated heterocycles. The molecule has 1 fully saturated rings. The Labute approximate surface area is 84.3 Å². The lowest BCUT2D eigenvalue weighted by molar-refractivity contribution is 0.732. The molecule has 0 atom stereocenters. The van der Waals surface area contributed by atoms with E-state index in [4.69, 9.17) is 11.0 Å². The number of rotatable bonds is 1. The summed E-state index contributed by atoms with van der Waals surface area (Å²) < 4.78 is 0. The summed E-state index contributed by atoms with van der Waals surface area (Å²) in [4.78, 5) is 0. The molecule has 72 valence electrons. The number of hydrogen-bond acceptors (Lipinski definition) is 2. The lowest BCUT2D eigenvalue weighted by Crippen LogP contribution is -2.20. The highest BCUT2D eigenvalue weighted by Crippen LogP contribution is 2.44. The number of hydrogen-bond donors (Lipinski definition) is 1. The van der Waals surface area contributed by atoms with Crippen LogP contribution in [0.15, 0.2) is 12.1 Å². The maximum Gasteiger partial charge on any atom is 0.0994 e. The zero-order valence-corrected chi connectivity index (χ0v) is 8.59. The molecule has 2 rings (SSSR count). The number of benzene rings is 1. The van der Waals surface area contributed by atoms with Crippen molar-refractivity contribution < 1.29 is 0 Å². The molecule has 1 aromatic carbocycles. The fourth-order valence-corrected chi connectivity index (χ4v) is 1.91. The molecular weight excluding hydrogens is 172 g/mol. The molecule has 1 aliphatic rings. The third-order valence-corrected chi connectivity index (χ3v) is 3.02. The molecule has 0 bridgehead atoms. The molecule has 0 aromatic heterocycles. The van der Waals surface area contributed by atoms with Gasteiger partial charge in [0.2, 0.25) is 0 Å². The predicted molar refractivity (Wildman–Crippen MR) is 55.7 cm³/mol. The zero-order valence-electron chi connectivity index (χ0n) is 8.59. The van der Waals surface area contributed by atoms with Crippen molar-refractivity contribution in [3.63, 3.8) is 0 Å². The van der Waals surface area contributed by atoms with Crippen molar-refractivity contribution in [1.29, 1.82) is 5.26 Å². The first-order valence-electron chi connectivity index (χ1n) is 4.87. The van der Waals surface area contributed by atoms with Crippen molar-refractivity contribution in [2.45, 2.75) is 32.2 Å². The van der Waals surface area contributed by atoms with Crippen LogP contribution in [0.4, 0.5) is 0 Å². The molecule has 2 nitrogen and oxygen atoms in total. The zero-order chi connectivity index (χ0) is 10.3. The van der Waals surface area contributed by atoms with Gasteiger partial charge < -0.3 is 5.73 Å². The summed E-state index contributed by atoms with van der Waals surface area (Å²) in [7, 11) is 0. The van der Waals surface area contributed by atoms with Crippen LogP contribution >= 0.6 is 0 Å². The second-order valence-electron chi connectivity index (χ2n) is 4.25. The van der Waals surface area contributed by atoms with Crippen molar-refractivity contribution in [3.05, 3.63) is 34.4 Å². The van der Waals surface area contributed by atoms with Gasteiger partial charge in [0.25, 0.3) is 0 Å². The molecule has 2 N–H and O–H groups in total. The first-order valence-corrected chi connectivity index (χ1v) is 4.87. The van der Waals surface area contributed by atoms with Gasteiger partial charge in [0.1, 0.15) is 0 Å². The van der Waals surface area contributed by atoms with Gasteiger partial charge in [0, 0.05) is 5.54 Å². The highest BCUT2D eigenvalue weighted by atomic mass is 14.8. The second kappa shape index (κ2) is 2.83. The maximum atomic E-state index is 8.93. The van der Waals surface area contributed by atoms with Crippen LogP contribution in [0.5, 0.6) is 0 Å². The van der Waals surface area contributed by atoms with E-state index in [2.05, 4.69) is 19.1 Å². The predicted octanol–water partition coefficient (Wildman–Crippen LogP) is 2.12. The van der Waals surface area contributed by atoms with Crippen LogP contribution in [-0.2, 0) is 5.54 Å². The fourth-order valence-electron chi connectivity index (χ4n) is 1.91. The molecule has 0 heterocycles. The molecule has 14 heavy (non-hydrogen) atoms. The molecule has 0 aliphatic heterocycles. The van der Waals surface area contributed by atoms with Crippen LogP contribution in [0.3, 0.4) is 0 Å². The fraction of sp³-hybridized carbons (Fsp3) is 0.417. The van der Waals surface area contributed by atoms with E-state index in [9.17, 15) is 0 Å². The Morgan fingerprint density at radius 1 is 1.29 bits per heavy atom. The molecular formula is C12H14N2. The van der Waals surface area contributed by atoms with Crippen molar-refractivity contribution in [2.75, 3.05) is 0 Å². The summed E-state index contributed by atoms with van der Waals surface area (Å²) in [6.07, 6.45) is 2.09. The van der Waals surface area contributed by atoms with Gasteiger partial charge in [0.15, 0.2) is 0 Å². The van der Waals surface area contributed by atoms with Gasteiger partial charge in [-0.05, 0) is 49.4 Å². The van der Waals surface area contributed by atoms with Gasteiger partial charge in [-0.1, -0.05) is 6.07 Å². The van der Waals surface area contributed by atoms with E-state index in [1.807, 2.05) is 13.0 Å². The van der Waals surface area contributed by atoms with Crippen molar-refractivity contribution >= 4 is 0 Å². The summed E-state index contributed by atoms with van der Waals surface area (Å²) in [6.45, 7) is 4.03. The summed E-state index contributed by atoms with van der Waals surface area (Å²) in [5.41, 5.74) is 10.2. The average Bonchev–Trinajstić information content (AvgIpc) is 2.85. The summed E-state index contributed by atoms with van der Waals surface area (Å²) in [6, 6.07) is 6.22. The standard InChI is InChI=1S/C12H14N2/c1-8-5-9(2)11(6-10(8)7-13)12(14)3-4-12/h5-6H,3-4,14H2,1-2H3. The summed E-state index contributed by atoms with van der Waals surface area (Å²) in [5, 5.41) is 8.93. The average molecular weight is 186 g/mol. The van der Waals surface area contributed by atoms with Gasteiger partial charge in [0.05, 0.1) is 11.6 Å². The van der Waals surface area contributed by atoms with E-state index in [1.54, 1.807) is 0 Å². The highest BCUT2D eigenvalue weighted by Gasteiger charge is 2.41. The van der Waals surface area contributed by atoms with Crippen LogP contribution in [0.25, 0.3) is 0 Å². The van der Waals surface area contributed by atoms with E-state index >= 15 is 0 Å². The monoisotopic (exact) mass is 186 g/mol. The molecule has 0 unspecified atom stereocenters. The van der Waals surface area contributed by atoms with E-state index in [0.717, 1.165) is 29.5 Å². The Balaban J connectivity index is 2.57. The number of nitrogens with zero attached hydrogens (tertiary/aromatic N) is 1. The molecule has 0 radical (unpaired) electrons. The smallest absolute Gasteiger partial charge is 0.0994 e. The molecule has 0 spiro atoms. The van der Waals surface area contributed by atoms with Gasteiger partial charge in [-0.3, -0.25) is 0 Å². The molecule has 0 amide bonds. The van der Waals surface area contributed by atoms with E-state index in [-0.39, 0.29) is 5.54 Å². The third-order valence-electron chi connectivity index (χ3n) is 3.02. The van der Waals surface area contributed by atoms with Gasteiger partial charge in [-0.25, -0.2) is 0 Å². The number of aryl methyl sites for hydroxylation is 2. The van der Waals surface area contributed by atoms with Crippen LogP contribution in [-0.4, -0.2) is 0 Å². The lowest BCUT2D eigenvalue weighted by atomic mass is 9.95. The highest BCUT2D eigenvalue weighted by molar-refractivity contribution is 5.47. The van der Waals surface area contributed by atoms with E-state index < -0.39 is 0 Å². The van der Waals surface area contributed by atoms with Crippen LogP contribution in [0.1, 0.15) is 35.1 Å². The Hall–Kier alpha value is -1.33. The van der Waals surface area contributed by atoms with Crippen molar-refractivity contribution in [2.24, 2.45) is 5.73 Å². The first-order chi connectivity index (χ1) is 6.57. The molecule has 1 aliphatic carbocycles. The van der Waals surface area contributed by atoms with Gasteiger partial charge >= 0.3 is 0 Å². The topological polar surface area (TPSA) is 49.8 Å². The SMILES string of the molecule is Cc1cc(C)c(C2(N)CC2)cc1C#N. The third kappa shape index (κ3) is 1.30. The van der Waals surface area contributed by atoms with Crippen LogP contribution < -0.4 is 5.73 Å². The van der Waals surface area contributed by atoms with Gasteiger partial charge in [-0.15, -0.1) is 0 Å². The minimum Gasteiger partial charge on any atom is -0.321 e. The largest absolute Gasteiger partial charge is 0.321 e. The Morgan fingerprint density at radius 3 is 2.43 bits per heavy atom. The number of nitriles is 1. The first kappa shape index (κ1) is 9.23. The maximum absolute atomic E-state index is 8.93. The Morgan fingerprint density at radius 2 is 1.93 bits per heavy atom. The van der Waals surface area contributed by atoms with E-state index in [1.165, 1.54) is 5.56 Å². The molecule has 1 saturated carbocycles. The summed E-state index contributed by atoms with van der Waals surface area (Å²) in [5.74, 6) is 0. The van der Waals surface area contributed by atoms with E-state index in [0.29, 0.717) is 0 Å². The lowest BCUT2D eigenvalue weighted by Gasteiger charge is -2.14. The minimum absolute atomic E-state index is 0.136. The van der Waals surface area contributed by atoms with Crippen LogP contribution in [0, 0.1) is 25.2 Å². The van der Waals surface area contributed by atoms with Gasteiger partial charge in [-0.2, -0.15) is 5.26 Å². The Kier molecular flexibility index (Phi) is 1.87. The van der Waals surface area contributed by atoms with Crippen LogP contribution in [0.2, 0.25) is 0 Å². The van der Waals surface area contributed by atoms with Crippen molar-refractivity contribution in [3.8, 4) is 6.07 Å². The molecule has 1 aromatic rings.